The normalized spacial score (nSPS) is 12.6. The highest BCUT2D eigenvalue weighted by Gasteiger charge is 2.03. The van der Waals surface area contributed by atoms with Gasteiger partial charge in [-0.25, -0.2) is 0 Å². The Balaban J connectivity index is 3.49. The smallest absolute Gasteiger partial charge is 0.186 e. The lowest BCUT2D eigenvalue weighted by Crippen LogP contribution is -2.41. The van der Waals surface area contributed by atoms with Gasteiger partial charge in [-0.2, -0.15) is 0 Å². The van der Waals surface area contributed by atoms with E-state index in [0.717, 1.165) is 6.42 Å². The SMILES string of the molecule is CCC(COC)NC(=N)N. The minimum absolute atomic E-state index is 0.00361. The molecule has 60 valence electrons. The molecule has 0 rings (SSSR count). The maximum absolute atomic E-state index is 6.92. The number of methoxy groups -OCH3 is 1. The zero-order chi connectivity index (χ0) is 7.98. The molecule has 0 aromatic rings. The van der Waals surface area contributed by atoms with Gasteiger partial charge in [-0.3, -0.25) is 5.41 Å². The molecule has 1 unspecified atom stereocenters. The van der Waals surface area contributed by atoms with Crippen molar-refractivity contribution in [2.75, 3.05) is 13.7 Å². The summed E-state index contributed by atoms with van der Waals surface area (Å²) in [6.45, 7) is 2.61. The van der Waals surface area contributed by atoms with E-state index < -0.39 is 0 Å². The third kappa shape index (κ3) is 4.14. The lowest BCUT2D eigenvalue weighted by Gasteiger charge is -2.14. The van der Waals surface area contributed by atoms with Gasteiger partial charge < -0.3 is 15.8 Å². The third-order valence-electron chi connectivity index (χ3n) is 1.22. The Morgan fingerprint density at radius 1 is 1.80 bits per heavy atom. The highest BCUT2D eigenvalue weighted by molar-refractivity contribution is 5.74. The average Bonchev–Trinajstić information content (AvgIpc) is 1.86. The standard InChI is InChI=1S/C6H15N3O/c1-3-5(4-10-2)9-6(7)8/h5H,3-4H2,1-2H3,(H4,7,8,9). The first-order chi connectivity index (χ1) is 4.70. The largest absolute Gasteiger partial charge is 0.383 e. The molecule has 0 aromatic heterocycles. The molecule has 10 heavy (non-hydrogen) atoms. The van der Waals surface area contributed by atoms with E-state index in [1.807, 2.05) is 6.92 Å². The maximum atomic E-state index is 6.92. The van der Waals surface area contributed by atoms with Gasteiger partial charge in [0.25, 0.3) is 0 Å². The van der Waals surface area contributed by atoms with Crippen molar-refractivity contribution in [2.45, 2.75) is 19.4 Å². The summed E-state index contributed by atoms with van der Waals surface area (Å²) < 4.78 is 4.88. The minimum Gasteiger partial charge on any atom is -0.383 e. The summed E-state index contributed by atoms with van der Waals surface area (Å²) in [6, 6.07) is 0.169. The van der Waals surface area contributed by atoms with Crippen molar-refractivity contribution >= 4 is 5.96 Å². The van der Waals surface area contributed by atoms with Gasteiger partial charge >= 0.3 is 0 Å². The fourth-order valence-corrected chi connectivity index (χ4v) is 0.683. The molecule has 4 N–H and O–H groups in total. The summed E-state index contributed by atoms with van der Waals surface area (Å²) in [5.74, 6) is 0.00361. The van der Waals surface area contributed by atoms with Crippen molar-refractivity contribution in [3.63, 3.8) is 0 Å². The highest BCUT2D eigenvalue weighted by Crippen LogP contribution is 1.89. The van der Waals surface area contributed by atoms with Crippen LogP contribution in [0, 0.1) is 5.41 Å². The highest BCUT2D eigenvalue weighted by atomic mass is 16.5. The first-order valence-electron chi connectivity index (χ1n) is 3.30. The van der Waals surface area contributed by atoms with Gasteiger partial charge in [0.2, 0.25) is 0 Å². The van der Waals surface area contributed by atoms with Gasteiger partial charge in [0.05, 0.1) is 12.6 Å². The predicted molar refractivity (Wildman–Crippen MR) is 41.0 cm³/mol. The molecule has 0 aromatic carbocycles. The van der Waals surface area contributed by atoms with Gasteiger partial charge in [-0.1, -0.05) is 6.92 Å². The number of nitrogens with one attached hydrogen (secondary N) is 2. The maximum Gasteiger partial charge on any atom is 0.186 e. The topological polar surface area (TPSA) is 71.1 Å². The Kier molecular flexibility index (Phi) is 4.66. The molecule has 1 atom stereocenters. The molecule has 0 saturated carbocycles. The van der Waals surface area contributed by atoms with Crippen LogP contribution < -0.4 is 11.1 Å². The molecule has 0 spiro atoms. The van der Waals surface area contributed by atoms with Crippen LogP contribution in [0.2, 0.25) is 0 Å². The zero-order valence-corrected chi connectivity index (χ0v) is 6.48. The average molecular weight is 145 g/mol. The predicted octanol–water partition coefficient (Wildman–Crippen LogP) is -0.106. The van der Waals surface area contributed by atoms with Gasteiger partial charge in [0.1, 0.15) is 0 Å². The second-order valence-corrected chi connectivity index (χ2v) is 2.12. The van der Waals surface area contributed by atoms with Crippen molar-refractivity contribution < 1.29 is 4.74 Å². The Morgan fingerprint density at radius 3 is 2.70 bits per heavy atom. The van der Waals surface area contributed by atoms with E-state index in [2.05, 4.69) is 5.32 Å². The van der Waals surface area contributed by atoms with Crippen molar-refractivity contribution in [1.29, 1.82) is 5.41 Å². The van der Waals surface area contributed by atoms with E-state index in [-0.39, 0.29) is 12.0 Å². The second-order valence-electron chi connectivity index (χ2n) is 2.12. The van der Waals surface area contributed by atoms with Gasteiger partial charge in [-0.15, -0.1) is 0 Å². The first kappa shape index (κ1) is 9.23. The summed E-state index contributed by atoms with van der Waals surface area (Å²) in [7, 11) is 1.63. The Labute approximate surface area is 61.3 Å². The van der Waals surface area contributed by atoms with E-state index >= 15 is 0 Å². The van der Waals surface area contributed by atoms with Crippen LogP contribution in [0.15, 0.2) is 0 Å². The number of rotatable bonds is 4. The van der Waals surface area contributed by atoms with Crippen molar-refractivity contribution in [3.05, 3.63) is 0 Å². The Hall–Kier alpha value is -0.770. The molecule has 0 aliphatic carbocycles. The third-order valence-corrected chi connectivity index (χ3v) is 1.22. The van der Waals surface area contributed by atoms with E-state index in [4.69, 9.17) is 15.9 Å². The van der Waals surface area contributed by atoms with Gasteiger partial charge in [0.15, 0.2) is 5.96 Å². The molecule has 0 aliphatic rings. The molecular weight excluding hydrogens is 130 g/mol. The molecular formula is C6H15N3O. The summed E-state index contributed by atoms with van der Waals surface area (Å²) in [5, 5.41) is 9.68. The lowest BCUT2D eigenvalue weighted by molar-refractivity contribution is 0.172. The zero-order valence-electron chi connectivity index (χ0n) is 6.48. The second kappa shape index (κ2) is 5.05. The molecule has 4 nitrogen and oxygen atoms in total. The van der Waals surface area contributed by atoms with Crippen molar-refractivity contribution in [2.24, 2.45) is 5.73 Å². The van der Waals surface area contributed by atoms with Crippen LogP contribution in [0.4, 0.5) is 0 Å². The van der Waals surface area contributed by atoms with E-state index in [1.54, 1.807) is 7.11 Å². The fraction of sp³-hybridized carbons (Fsp3) is 0.833. The van der Waals surface area contributed by atoms with Crippen molar-refractivity contribution in [1.82, 2.24) is 5.32 Å². The van der Waals surface area contributed by atoms with Crippen LogP contribution in [0.5, 0.6) is 0 Å². The van der Waals surface area contributed by atoms with E-state index in [9.17, 15) is 0 Å². The molecule has 0 amide bonds. The van der Waals surface area contributed by atoms with Crippen molar-refractivity contribution in [3.8, 4) is 0 Å². The quantitative estimate of drug-likeness (QED) is 0.382. The van der Waals surface area contributed by atoms with Crippen LogP contribution >= 0.6 is 0 Å². The minimum atomic E-state index is 0.00361. The monoisotopic (exact) mass is 145 g/mol. The first-order valence-corrected chi connectivity index (χ1v) is 3.30. The molecule has 0 saturated heterocycles. The molecule has 0 radical (unpaired) electrons. The fourth-order valence-electron chi connectivity index (χ4n) is 0.683. The summed E-state index contributed by atoms with van der Waals surface area (Å²) in [6.07, 6.45) is 0.910. The summed E-state index contributed by atoms with van der Waals surface area (Å²) in [5.41, 5.74) is 5.12. The van der Waals surface area contributed by atoms with Crippen LogP contribution in [0.3, 0.4) is 0 Å². The van der Waals surface area contributed by atoms with E-state index in [0.29, 0.717) is 6.61 Å². The molecule has 0 fully saturated rings. The number of hydrogen-bond acceptors (Lipinski definition) is 2. The number of hydrogen-bond donors (Lipinski definition) is 3. The Bertz CT molecular complexity index is 105. The molecule has 0 aliphatic heterocycles. The van der Waals surface area contributed by atoms with Gasteiger partial charge in [0, 0.05) is 7.11 Å². The Morgan fingerprint density at radius 2 is 2.40 bits per heavy atom. The molecule has 0 heterocycles. The summed E-state index contributed by atoms with van der Waals surface area (Å²) in [4.78, 5) is 0. The van der Waals surface area contributed by atoms with Crippen LogP contribution in [0.25, 0.3) is 0 Å². The van der Waals surface area contributed by atoms with Crippen LogP contribution in [-0.4, -0.2) is 25.7 Å². The lowest BCUT2D eigenvalue weighted by atomic mass is 10.2. The molecule has 0 bridgehead atoms. The number of nitrogens with two attached hydrogens (primary N) is 1. The van der Waals surface area contributed by atoms with Crippen LogP contribution in [-0.2, 0) is 4.74 Å². The van der Waals surface area contributed by atoms with E-state index in [1.165, 1.54) is 0 Å². The summed E-state index contributed by atoms with van der Waals surface area (Å²) >= 11 is 0. The molecule has 4 heteroatoms. The number of ether oxygens (including phenoxy) is 1. The number of guanidine groups is 1. The van der Waals surface area contributed by atoms with Gasteiger partial charge in [-0.05, 0) is 6.42 Å². The van der Waals surface area contributed by atoms with Crippen LogP contribution in [0.1, 0.15) is 13.3 Å².